The number of fused-ring (bicyclic) bond motifs is 1. The standard InChI is InChI=1S/C21H25NO5S/c1-15-6-8-19(25-2)21(13-15)28(23,24)22-10-3-5-17(22)16-7-9-18-20(14-16)27-12-4-11-26-18/h6-9,13-14,17H,3-5,10-12H2,1-2H3/t17-/m0/s1. The molecule has 2 heterocycles. The molecule has 2 aliphatic rings. The molecule has 28 heavy (non-hydrogen) atoms. The second-order valence-corrected chi connectivity index (χ2v) is 9.04. The van der Waals surface area contributed by atoms with Crippen LogP contribution < -0.4 is 14.2 Å². The summed E-state index contributed by atoms with van der Waals surface area (Å²) in [6.45, 7) is 3.59. The zero-order valence-electron chi connectivity index (χ0n) is 16.2. The summed E-state index contributed by atoms with van der Waals surface area (Å²) in [5.74, 6) is 1.77. The molecule has 150 valence electrons. The number of benzene rings is 2. The molecule has 0 radical (unpaired) electrons. The smallest absolute Gasteiger partial charge is 0.247 e. The van der Waals surface area contributed by atoms with E-state index >= 15 is 0 Å². The SMILES string of the molecule is COc1ccc(C)cc1S(=O)(=O)N1CCC[C@H]1c1ccc2c(c1)OCCCO2. The van der Waals surface area contributed by atoms with Crippen LogP contribution in [-0.4, -0.2) is 39.6 Å². The highest BCUT2D eigenvalue weighted by Gasteiger charge is 2.38. The average molecular weight is 404 g/mol. The summed E-state index contributed by atoms with van der Waals surface area (Å²) in [6, 6.07) is 10.8. The molecule has 0 saturated carbocycles. The van der Waals surface area contributed by atoms with Gasteiger partial charge in [-0.3, -0.25) is 0 Å². The first-order valence-electron chi connectivity index (χ1n) is 9.57. The van der Waals surface area contributed by atoms with Crippen LogP contribution in [0, 0.1) is 6.92 Å². The molecule has 1 fully saturated rings. The van der Waals surface area contributed by atoms with Crippen LogP contribution in [0.25, 0.3) is 0 Å². The second-order valence-electron chi connectivity index (χ2n) is 7.18. The van der Waals surface area contributed by atoms with E-state index in [1.165, 1.54) is 7.11 Å². The molecule has 0 unspecified atom stereocenters. The number of nitrogens with zero attached hydrogens (tertiary/aromatic N) is 1. The van der Waals surface area contributed by atoms with Gasteiger partial charge in [-0.15, -0.1) is 0 Å². The van der Waals surface area contributed by atoms with Crippen LogP contribution in [0.3, 0.4) is 0 Å². The van der Waals surface area contributed by atoms with Crippen molar-refractivity contribution in [3.05, 3.63) is 47.5 Å². The van der Waals surface area contributed by atoms with Crippen LogP contribution in [0.1, 0.15) is 36.4 Å². The van der Waals surface area contributed by atoms with Gasteiger partial charge in [0.25, 0.3) is 0 Å². The van der Waals surface area contributed by atoms with E-state index in [-0.39, 0.29) is 10.9 Å². The molecule has 2 aromatic carbocycles. The monoisotopic (exact) mass is 403 g/mol. The molecule has 1 saturated heterocycles. The largest absolute Gasteiger partial charge is 0.495 e. The van der Waals surface area contributed by atoms with Crippen molar-refractivity contribution in [3.63, 3.8) is 0 Å². The highest BCUT2D eigenvalue weighted by atomic mass is 32.2. The Morgan fingerprint density at radius 3 is 2.61 bits per heavy atom. The molecule has 0 aliphatic carbocycles. The van der Waals surface area contributed by atoms with Crippen molar-refractivity contribution in [2.24, 2.45) is 0 Å². The highest BCUT2D eigenvalue weighted by Crippen LogP contribution is 2.41. The van der Waals surface area contributed by atoms with Gasteiger partial charge in [0, 0.05) is 13.0 Å². The van der Waals surface area contributed by atoms with Gasteiger partial charge in [-0.1, -0.05) is 12.1 Å². The van der Waals surface area contributed by atoms with E-state index in [1.807, 2.05) is 31.2 Å². The summed E-state index contributed by atoms with van der Waals surface area (Å²) in [6.07, 6.45) is 2.42. The maximum atomic E-state index is 13.5. The number of hydrogen-bond donors (Lipinski definition) is 0. The van der Waals surface area contributed by atoms with Gasteiger partial charge in [0.2, 0.25) is 10.0 Å². The van der Waals surface area contributed by atoms with E-state index in [0.717, 1.165) is 30.4 Å². The van der Waals surface area contributed by atoms with Gasteiger partial charge < -0.3 is 14.2 Å². The van der Waals surface area contributed by atoms with Crippen LogP contribution in [0.15, 0.2) is 41.3 Å². The van der Waals surface area contributed by atoms with E-state index < -0.39 is 10.0 Å². The minimum Gasteiger partial charge on any atom is -0.495 e. The third-order valence-corrected chi connectivity index (χ3v) is 7.20. The first kappa shape index (κ1) is 19.1. The Morgan fingerprint density at radius 1 is 1.04 bits per heavy atom. The van der Waals surface area contributed by atoms with E-state index in [9.17, 15) is 8.42 Å². The van der Waals surface area contributed by atoms with Crippen LogP contribution in [0.5, 0.6) is 17.2 Å². The number of rotatable bonds is 4. The Balaban J connectivity index is 1.71. The van der Waals surface area contributed by atoms with Crippen molar-refractivity contribution in [3.8, 4) is 17.2 Å². The lowest BCUT2D eigenvalue weighted by Crippen LogP contribution is -2.31. The number of methoxy groups -OCH3 is 1. The van der Waals surface area contributed by atoms with E-state index in [1.54, 1.807) is 16.4 Å². The fourth-order valence-electron chi connectivity index (χ4n) is 3.86. The Morgan fingerprint density at radius 2 is 1.82 bits per heavy atom. The summed E-state index contributed by atoms with van der Waals surface area (Å²) in [4.78, 5) is 0.219. The van der Waals surface area contributed by atoms with Crippen LogP contribution >= 0.6 is 0 Å². The molecule has 0 bridgehead atoms. The van der Waals surface area contributed by atoms with Gasteiger partial charge >= 0.3 is 0 Å². The van der Waals surface area contributed by atoms with Crippen molar-refractivity contribution < 1.29 is 22.6 Å². The Bertz CT molecular complexity index is 973. The van der Waals surface area contributed by atoms with Gasteiger partial charge in [-0.25, -0.2) is 8.42 Å². The van der Waals surface area contributed by atoms with Crippen molar-refractivity contribution >= 4 is 10.0 Å². The Labute approximate surface area is 166 Å². The van der Waals surface area contributed by atoms with Gasteiger partial charge in [0.15, 0.2) is 11.5 Å². The molecule has 0 N–H and O–H groups in total. The summed E-state index contributed by atoms with van der Waals surface area (Å²) >= 11 is 0. The lowest BCUT2D eigenvalue weighted by atomic mass is 10.0. The predicted molar refractivity (Wildman–Crippen MR) is 106 cm³/mol. The summed E-state index contributed by atoms with van der Waals surface area (Å²) in [5, 5.41) is 0. The minimum absolute atomic E-state index is 0.219. The van der Waals surface area contributed by atoms with E-state index in [2.05, 4.69) is 0 Å². The predicted octanol–water partition coefficient (Wildman–Crippen LogP) is 3.69. The normalized spacial score (nSPS) is 20.0. The molecule has 0 amide bonds. The number of aryl methyl sites for hydroxylation is 1. The first-order valence-corrected chi connectivity index (χ1v) is 11.0. The van der Waals surface area contributed by atoms with Gasteiger partial charge in [-0.2, -0.15) is 4.31 Å². The molecular formula is C21H25NO5S. The fourth-order valence-corrected chi connectivity index (χ4v) is 5.78. The maximum absolute atomic E-state index is 13.5. The molecule has 4 rings (SSSR count). The van der Waals surface area contributed by atoms with Gasteiger partial charge in [0.05, 0.1) is 26.4 Å². The van der Waals surface area contributed by atoms with Crippen LogP contribution in [0.2, 0.25) is 0 Å². The average Bonchev–Trinajstić information content (AvgIpc) is 3.08. The summed E-state index contributed by atoms with van der Waals surface area (Å²) in [5.41, 5.74) is 1.81. The van der Waals surface area contributed by atoms with Crippen LogP contribution in [0.4, 0.5) is 0 Å². The van der Waals surface area contributed by atoms with Crippen molar-refractivity contribution in [2.45, 2.75) is 37.1 Å². The molecule has 7 heteroatoms. The third kappa shape index (κ3) is 3.44. The summed E-state index contributed by atoms with van der Waals surface area (Å²) < 4.78 is 45.4. The molecule has 2 aromatic rings. The number of ether oxygens (including phenoxy) is 3. The molecule has 0 aromatic heterocycles. The lowest BCUT2D eigenvalue weighted by Gasteiger charge is -2.26. The quantitative estimate of drug-likeness (QED) is 0.779. The van der Waals surface area contributed by atoms with Crippen molar-refractivity contribution in [1.82, 2.24) is 4.31 Å². The molecule has 6 nitrogen and oxygen atoms in total. The first-order chi connectivity index (χ1) is 13.5. The van der Waals surface area contributed by atoms with Crippen molar-refractivity contribution in [1.29, 1.82) is 0 Å². The van der Waals surface area contributed by atoms with Gasteiger partial charge in [-0.05, 0) is 55.2 Å². The molecule has 0 spiro atoms. The Hall–Kier alpha value is -2.25. The van der Waals surface area contributed by atoms with Gasteiger partial charge in [0.1, 0.15) is 10.6 Å². The zero-order valence-corrected chi connectivity index (χ0v) is 17.0. The lowest BCUT2D eigenvalue weighted by molar-refractivity contribution is 0.296. The van der Waals surface area contributed by atoms with Crippen LogP contribution in [-0.2, 0) is 10.0 Å². The minimum atomic E-state index is -3.69. The maximum Gasteiger partial charge on any atom is 0.247 e. The Kier molecular flexibility index (Phi) is 5.21. The topological polar surface area (TPSA) is 65.1 Å². The fraction of sp³-hybridized carbons (Fsp3) is 0.429. The van der Waals surface area contributed by atoms with E-state index in [4.69, 9.17) is 14.2 Å². The second kappa shape index (κ2) is 7.64. The number of hydrogen-bond acceptors (Lipinski definition) is 5. The van der Waals surface area contributed by atoms with Crippen molar-refractivity contribution in [2.75, 3.05) is 26.9 Å². The molecule has 2 aliphatic heterocycles. The molecular weight excluding hydrogens is 378 g/mol. The van der Waals surface area contributed by atoms with E-state index in [0.29, 0.717) is 37.0 Å². The number of sulfonamides is 1. The molecule has 1 atom stereocenters. The highest BCUT2D eigenvalue weighted by molar-refractivity contribution is 7.89. The third-order valence-electron chi connectivity index (χ3n) is 5.27. The zero-order chi connectivity index (χ0) is 19.7. The summed E-state index contributed by atoms with van der Waals surface area (Å²) in [7, 11) is -2.20.